The number of para-hydroxylation sites is 2. The summed E-state index contributed by atoms with van der Waals surface area (Å²) in [6.07, 6.45) is -0.307. The van der Waals surface area contributed by atoms with Crippen LogP contribution in [0.1, 0.15) is 42.4 Å². The molecule has 1 atom stereocenters. The van der Waals surface area contributed by atoms with Gasteiger partial charge in [-0.15, -0.1) is 0 Å². The predicted molar refractivity (Wildman–Crippen MR) is 184 cm³/mol. The van der Waals surface area contributed by atoms with Crippen LogP contribution < -0.4 is 5.32 Å². The Balaban J connectivity index is 1.26. The van der Waals surface area contributed by atoms with Gasteiger partial charge in [0, 0.05) is 33.0 Å². The van der Waals surface area contributed by atoms with Crippen LogP contribution in [0.15, 0.2) is 145 Å². The van der Waals surface area contributed by atoms with Gasteiger partial charge in [-0.05, 0) is 51.6 Å². The van der Waals surface area contributed by atoms with Crippen LogP contribution in [-0.4, -0.2) is 10.3 Å². The predicted octanol–water partition coefficient (Wildman–Crippen LogP) is 10.2. The number of nitrogens with zero attached hydrogens (tertiary/aromatic N) is 2. The van der Waals surface area contributed by atoms with E-state index in [1.807, 2.05) is 0 Å². The zero-order valence-electron chi connectivity index (χ0n) is 24.8. The number of fused-ring (bicyclic) bond motifs is 8. The van der Waals surface area contributed by atoms with E-state index in [2.05, 4.69) is 163 Å². The molecular weight excluding hydrogens is 534 g/mol. The third-order valence-corrected chi connectivity index (χ3v) is 9.65. The minimum atomic E-state index is -0.307. The fourth-order valence-corrected chi connectivity index (χ4v) is 7.53. The van der Waals surface area contributed by atoms with Gasteiger partial charge in [-0.1, -0.05) is 135 Å². The van der Waals surface area contributed by atoms with Gasteiger partial charge in [0.05, 0.1) is 16.7 Å². The highest BCUT2D eigenvalue weighted by atomic mass is 15.3. The Labute approximate surface area is 257 Å². The first-order valence-electron chi connectivity index (χ1n) is 15.4. The Morgan fingerprint density at radius 3 is 2.07 bits per heavy atom. The summed E-state index contributed by atoms with van der Waals surface area (Å²) in [4.78, 5) is 5.47. The zero-order valence-corrected chi connectivity index (χ0v) is 24.8. The Bertz CT molecular complexity index is 2270. The van der Waals surface area contributed by atoms with Crippen molar-refractivity contribution in [3.63, 3.8) is 0 Å². The van der Waals surface area contributed by atoms with E-state index in [0.29, 0.717) is 0 Å². The van der Waals surface area contributed by atoms with E-state index in [1.54, 1.807) is 0 Å². The van der Waals surface area contributed by atoms with E-state index in [-0.39, 0.29) is 11.7 Å². The van der Waals surface area contributed by atoms with E-state index >= 15 is 0 Å². The second kappa shape index (κ2) is 9.29. The molecule has 2 aliphatic rings. The van der Waals surface area contributed by atoms with Gasteiger partial charge in [0.15, 0.2) is 0 Å². The monoisotopic (exact) mass is 565 g/mol. The lowest BCUT2D eigenvalue weighted by Gasteiger charge is -2.28. The number of benzene rings is 6. The highest BCUT2D eigenvalue weighted by Crippen LogP contribution is 2.53. The van der Waals surface area contributed by atoms with Crippen molar-refractivity contribution in [3.8, 4) is 22.3 Å². The summed E-state index contributed by atoms with van der Waals surface area (Å²) in [5, 5.41) is 6.37. The number of hydrogen-bond donors (Lipinski definition) is 1. The number of anilines is 1. The molecule has 1 aliphatic carbocycles. The first kappa shape index (κ1) is 25.1. The van der Waals surface area contributed by atoms with Crippen molar-refractivity contribution in [1.82, 2.24) is 4.57 Å². The molecule has 0 fully saturated rings. The topological polar surface area (TPSA) is 29.3 Å². The summed E-state index contributed by atoms with van der Waals surface area (Å²) in [6, 6.07) is 50.3. The molecule has 210 valence electrons. The third-order valence-electron chi connectivity index (χ3n) is 9.65. The molecule has 1 unspecified atom stereocenters. The Morgan fingerprint density at radius 2 is 1.23 bits per heavy atom. The number of aromatic nitrogens is 1. The average molecular weight is 566 g/mol. The van der Waals surface area contributed by atoms with Gasteiger partial charge in [-0.3, -0.25) is 0 Å². The summed E-state index contributed by atoms with van der Waals surface area (Å²) in [6.45, 7) is 4.70. The number of rotatable bonds is 3. The SMILES string of the molecule is CC1(C)c2ccccc2-c2c1ccc1c2c2ccccc2n1C1N=C(c2ccc(-c3ccccc3)cc2)c2ccccc2N1. The maximum absolute atomic E-state index is 5.47. The van der Waals surface area contributed by atoms with Gasteiger partial charge < -0.3 is 9.88 Å². The second-order valence-electron chi connectivity index (χ2n) is 12.4. The van der Waals surface area contributed by atoms with Crippen LogP contribution in [0.4, 0.5) is 5.69 Å². The summed E-state index contributed by atoms with van der Waals surface area (Å²) in [5.41, 5.74) is 14.5. The van der Waals surface area contributed by atoms with Gasteiger partial charge in [0.1, 0.15) is 0 Å². The third kappa shape index (κ3) is 3.53. The molecular formula is C41H31N3. The largest absolute Gasteiger partial charge is 0.346 e. The number of nitrogens with one attached hydrogen (secondary N) is 1. The van der Waals surface area contributed by atoms with Crippen molar-refractivity contribution < 1.29 is 0 Å². The van der Waals surface area contributed by atoms with Gasteiger partial charge in [-0.25, -0.2) is 4.99 Å². The lowest BCUT2D eigenvalue weighted by Crippen LogP contribution is -2.24. The molecule has 0 spiro atoms. The summed E-state index contributed by atoms with van der Waals surface area (Å²) in [7, 11) is 0. The molecule has 1 aliphatic heterocycles. The lowest BCUT2D eigenvalue weighted by atomic mass is 9.82. The van der Waals surface area contributed by atoms with Gasteiger partial charge in [-0.2, -0.15) is 0 Å². The van der Waals surface area contributed by atoms with Crippen LogP contribution >= 0.6 is 0 Å². The molecule has 7 aromatic rings. The molecule has 0 saturated carbocycles. The molecule has 44 heavy (non-hydrogen) atoms. The Kier molecular flexibility index (Phi) is 5.31. The smallest absolute Gasteiger partial charge is 0.201 e. The molecule has 1 N–H and O–H groups in total. The van der Waals surface area contributed by atoms with Crippen molar-refractivity contribution in [2.75, 3.05) is 5.32 Å². The fourth-order valence-electron chi connectivity index (χ4n) is 7.53. The van der Waals surface area contributed by atoms with Crippen LogP contribution in [0, 0.1) is 0 Å². The standard InChI is InChI=1S/C41H31N3/c1-41(2)32-17-9-6-14-29(32)37-33(41)24-25-36-38(37)31-16-8-11-19-35(31)44(36)40-42-34-18-10-7-15-30(34)39(43-40)28-22-20-27(21-23-28)26-12-4-3-5-13-26/h3-25,40,42H,1-2H3. The Hall–Kier alpha value is -5.41. The molecule has 2 heterocycles. The molecule has 3 nitrogen and oxygen atoms in total. The van der Waals surface area contributed by atoms with Crippen molar-refractivity contribution in [2.45, 2.75) is 25.6 Å². The van der Waals surface area contributed by atoms with Crippen LogP contribution in [0.2, 0.25) is 0 Å². The number of aliphatic imine (C=N–C) groups is 1. The van der Waals surface area contributed by atoms with E-state index in [4.69, 9.17) is 4.99 Å². The molecule has 6 aromatic carbocycles. The fraction of sp³-hybridized carbons (Fsp3) is 0.0976. The van der Waals surface area contributed by atoms with Crippen molar-refractivity contribution >= 4 is 33.2 Å². The molecule has 0 saturated heterocycles. The van der Waals surface area contributed by atoms with Gasteiger partial charge >= 0.3 is 0 Å². The normalized spacial score (nSPS) is 16.2. The van der Waals surface area contributed by atoms with Crippen LogP contribution in [-0.2, 0) is 5.41 Å². The first-order valence-corrected chi connectivity index (χ1v) is 15.4. The minimum absolute atomic E-state index is 0.0530. The Morgan fingerprint density at radius 1 is 0.568 bits per heavy atom. The minimum Gasteiger partial charge on any atom is -0.346 e. The quantitative estimate of drug-likeness (QED) is 0.227. The summed E-state index contributed by atoms with van der Waals surface area (Å²) < 4.78 is 2.40. The van der Waals surface area contributed by atoms with Gasteiger partial charge in [0.25, 0.3) is 0 Å². The average Bonchev–Trinajstić information content (AvgIpc) is 3.53. The molecule has 0 amide bonds. The van der Waals surface area contributed by atoms with E-state index < -0.39 is 0 Å². The molecule has 3 heteroatoms. The second-order valence-corrected chi connectivity index (χ2v) is 12.4. The highest BCUT2D eigenvalue weighted by molar-refractivity contribution is 6.19. The van der Waals surface area contributed by atoms with Crippen LogP contribution in [0.3, 0.4) is 0 Å². The summed E-state index contributed by atoms with van der Waals surface area (Å²) in [5.74, 6) is 0. The summed E-state index contributed by atoms with van der Waals surface area (Å²) >= 11 is 0. The van der Waals surface area contributed by atoms with E-state index in [0.717, 1.165) is 22.5 Å². The maximum Gasteiger partial charge on any atom is 0.201 e. The van der Waals surface area contributed by atoms with Crippen molar-refractivity contribution in [3.05, 3.63) is 162 Å². The van der Waals surface area contributed by atoms with E-state index in [1.165, 1.54) is 55.2 Å². The molecule has 0 radical (unpaired) electrons. The maximum atomic E-state index is 5.47. The van der Waals surface area contributed by atoms with Crippen LogP contribution in [0.5, 0.6) is 0 Å². The zero-order chi connectivity index (χ0) is 29.4. The first-order chi connectivity index (χ1) is 21.6. The van der Waals surface area contributed by atoms with Crippen LogP contribution in [0.25, 0.3) is 44.1 Å². The number of hydrogen-bond acceptors (Lipinski definition) is 2. The van der Waals surface area contributed by atoms with Crippen molar-refractivity contribution in [1.29, 1.82) is 0 Å². The highest BCUT2D eigenvalue weighted by Gasteiger charge is 2.37. The van der Waals surface area contributed by atoms with E-state index in [9.17, 15) is 0 Å². The molecule has 0 bridgehead atoms. The lowest BCUT2D eigenvalue weighted by molar-refractivity contribution is 0.624. The van der Waals surface area contributed by atoms with Crippen molar-refractivity contribution in [2.24, 2.45) is 4.99 Å². The van der Waals surface area contributed by atoms with Gasteiger partial charge in [0.2, 0.25) is 6.29 Å². The molecule has 9 rings (SSSR count). The molecule has 1 aromatic heterocycles.